The average Bonchev–Trinajstić information content (AvgIpc) is 2.43. The van der Waals surface area contributed by atoms with E-state index in [0.29, 0.717) is 0 Å². The highest BCUT2D eigenvalue weighted by atomic mass is 16.2. The van der Waals surface area contributed by atoms with Gasteiger partial charge in [0.25, 0.3) is 0 Å². The zero-order valence-corrected chi connectivity index (χ0v) is 11.3. The fraction of sp³-hybridized carbons (Fsp3) is 0.533. The monoisotopic (exact) mass is 246 g/mol. The number of hydrogen-bond donors (Lipinski definition) is 1. The molecule has 0 bridgehead atoms. The van der Waals surface area contributed by atoms with Crippen LogP contribution in [-0.4, -0.2) is 25.5 Å². The Morgan fingerprint density at radius 1 is 1.44 bits per heavy atom. The fourth-order valence-corrected chi connectivity index (χ4v) is 2.48. The number of amides is 1. The molecule has 1 aromatic rings. The number of nitrogens with zero attached hydrogens (tertiary/aromatic N) is 1. The predicted octanol–water partition coefficient (Wildman–Crippen LogP) is 2.21. The Bertz CT molecular complexity index is 417. The van der Waals surface area contributed by atoms with Gasteiger partial charge in [0.05, 0.1) is 0 Å². The van der Waals surface area contributed by atoms with Crippen molar-refractivity contribution in [3.8, 4) is 0 Å². The van der Waals surface area contributed by atoms with Gasteiger partial charge < -0.3 is 10.2 Å². The summed E-state index contributed by atoms with van der Waals surface area (Å²) in [5.74, 6) is 0.277. The van der Waals surface area contributed by atoms with Gasteiger partial charge in [-0.2, -0.15) is 0 Å². The second-order valence-corrected chi connectivity index (χ2v) is 4.93. The van der Waals surface area contributed by atoms with Gasteiger partial charge in [-0.25, -0.2) is 0 Å². The molecule has 98 valence electrons. The zero-order chi connectivity index (χ0) is 13.0. The van der Waals surface area contributed by atoms with Crippen molar-refractivity contribution in [1.82, 2.24) is 5.32 Å². The number of rotatable bonds is 4. The molecule has 0 radical (unpaired) electrons. The van der Waals surface area contributed by atoms with Crippen LogP contribution in [0.5, 0.6) is 0 Å². The Kier molecular flexibility index (Phi) is 4.37. The topological polar surface area (TPSA) is 32.3 Å². The third kappa shape index (κ3) is 2.72. The summed E-state index contributed by atoms with van der Waals surface area (Å²) in [6.07, 6.45) is 2.15. The average molecular weight is 246 g/mol. The summed E-state index contributed by atoms with van der Waals surface area (Å²) in [7, 11) is 0. The van der Waals surface area contributed by atoms with Crippen molar-refractivity contribution in [2.45, 2.75) is 26.7 Å². The van der Waals surface area contributed by atoms with Gasteiger partial charge in [-0.05, 0) is 31.0 Å². The lowest BCUT2D eigenvalue weighted by molar-refractivity contribution is -0.121. The largest absolute Gasteiger partial charge is 0.316 e. The first kappa shape index (κ1) is 13.1. The molecule has 1 aromatic carbocycles. The Hall–Kier alpha value is -1.35. The van der Waals surface area contributed by atoms with Gasteiger partial charge in [0.2, 0.25) is 5.91 Å². The molecule has 0 fully saturated rings. The van der Waals surface area contributed by atoms with Crippen LogP contribution < -0.4 is 10.2 Å². The Balaban J connectivity index is 2.12. The molecule has 1 heterocycles. The lowest BCUT2D eigenvalue weighted by Gasteiger charge is -2.31. The Morgan fingerprint density at radius 2 is 2.22 bits per heavy atom. The van der Waals surface area contributed by atoms with E-state index in [1.165, 1.54) is 5.56 Å². The molecule has 0 saturated heterocycles. The van der Waals surface area contributed by atoms with E-state index >= 15 is 0 Å². The molecule has 2 rings (SSSR count). The van der Waals surface area contributed by atoms with Crippen LogP contribution in [0.1, 0.15) is 25.8 Å². The van der Waals surface area contributed by atoms with Crippen molar-refractivity contribution >= 4 is 11.6 Å². The van der Waals surface area contributed by atoms with Crippen LogP contribution in [0.4, 0.5) is 5.69 Å². The highest BCUT2D eigenvalue weighted by Crippen LogP contribution is 2.27. The molecule has 3 heteroatoms. The Morgan fingerprint density at radius 3 is 3.00 bits per heavy atom. The maximum atomic E-state index is 12.5. The number of benzene rings is 1. The number of hydrogen-bond acceptors (Lipinski definition) is 2. The molecule has 1 aliphatic heterocycles. The van der Waals surface area contributed by atoms with Crippen LogP contribution in [0.25, 0.3) is 0 Å². The van der Waals surface area contributed by atoms with E-state index in [0.717, 1.165) is 38.2 Å². The molecule has 1 N–H and O–H groups in total. The summed E-state index contributed by atoms with van der Waals surface area (Å²) in [6, 6.07) is 8.25. The summed E-state index contributed by atoms with van der Waals surface area (Å²) in [4.78, 5) is 14.4. The quantitative estimate of drug-likeness (QED) is 0.883. The van der Waals surface area contributed by atoms with E-state index in [-0.39, 0.29) is 11.8 Å². The van der Waals surface area contributed by atoms with Crippen molar-refractivity contribution in [3.05, 3.63) is 29.8 Å². The van der Waals surface area contributed by atoms with Crippen molar-refractivity contribution in [2.24, 2.45) is 5.92 Å². The third-order valence-corrected chi connectivity index (χ3v) is 3.50. The first-order chi connectivity index (χ1) is 8.74. The standard InChI is InChI=1S/C15H22N2O/c1-3-16-11-12(2)15(18)17-10-6-8-13-7-4-5-9-14(13)17/h4-5,7,9,12,16H,3,6,8,10-11H2,1-2H3. The van der Waals surface area contributed by atoms with Crippen molar-refractivity contribution < 1.29 is 4.79 Å². The highest BCUT2D eigenvalue weighted by Gasteiger charge is 2.25. The molecule has 1 unspecified atom stereocenters. The van der Waals surface area contributed by atoms with Gasteiger partial charge in [-0.1, -0.05) is 32.0 Å². The lowest BCUT2D eigenvalue weighted by Crippen LogP contribution is -2.41. The number of nitrogens with one attached hydrogen (secondary N) is 1. The lowest BCUT2D eigenvalue weighted by atomic mass is 10.00. The number of para-hydroxylation sites is 1. The van der Waals surface area contributed by atoms with Gasteiger partial charge in [-0.15, -0.1) is 0 Å². The smallest absolute Gasteiger partial charge is 0.231 e. The van der Waals surface area contributed by atoms with E-state index in [1.807, 2.05) is 17.9 Å². The molecule has 3 nitrogen and oxygen atoms in total. The molecule has 1 aliphatic rings. The highest BCUT2D eigenvalue weighted by molar-refractivity contribution is 5.96. The maximum absolute atomic E-state index is 12.5. The van der Waals surface area contributed by atoms with Gasteiger partial charge >= 0.3 is 0 Å². The van der Waals surface area contributed by atoms with E-state index in [4.69, 9.17) is 0 Å². The molecular formula is C15H22N2O. The summed E-state index contributed by atoms with van der Waals surface area (Å²) in [5, 5.41) is 3.24. The van der Waals surface area contributed by atoms with Crippen LogP contribution in [-0.2, 0) is 11.2 Å². The number of aryl methyl sites for hydroxylation is 1. The van der Waals surface area contributed by atoms with Gasteiger partial charge in [0, 0.05) is 24.7 Å². The minimum absolute atomic E-state index is 0.0381. The molecular weight excluding hydrogens is 224 g/mol. The van der Waals surface area contributed by atoms with Gasteiger partial charge in [0.1, 0.15) is 0 Å². The second-order valence-electron chi connectivity index (χ2n) is 4.93. The number of carbonyl (C=O) groups excluding carboxylic acids is 1. The van der Waals surface area contributed by atoms with Crippen LogP contribution in [0.15, 0.2) is 24.3 Å². The van der Waals surface area contributed by atoms with Crippen LogP contribution >= 0.6 is 0 Å². The summed E-state index contributed by atoms with van der Waals surface area (Å²) in [5.41, 5.74) is 2.41. The van der Waals surface area contributed by atoms with Crippen molar-refractivity contribution in [2.75, 3.05) is 24.5 Å². The van der Waals surface area contributed by atoms with Crippen LogP contribution in [0.3, 0.4) is 0 Å². The van der Waals surface area contributed by atoms with Gasteiger partial charge in [-0.3, -0.25) is 4.79 Å². The zero-order valence-electron chi connectivity index (χ0n) is 11.3. The summed E-state index contributed by atoms with van der Waals surface area (Å²) < 4.78 is 0. The normalized spacial score (nSPS) is 16.2. The molecule has 0 saturated carbocycles. The van der Waals surface area contributed by atoms with E-state index in [1.54, 1.807) is 0 Å². The maximum Gasteiger partial charge on any atom is 0.231 e. The molecule has 0 aliphatic carbocycles. The summed E-state index contributed by atoms with van der Waals surface area (Å²) >= 11 is 0. The van der Waals surface area contributed by atoms with E-state index in [9.17, 15) is 4.79 Å². The molecule has 0 spiro atoms. The van der Waals surface area contributed by atoms with Crippen molar-refractivity contribution in [1.29, 1.82) is 0 Å². The van der Waals surface area contributed by atoms with Crippen LogP contribution in [0.2, 0.25) is 0 Å². The summed E-state index contributed by atoms with van der Waals surface area (Å²) in [6.45, 7) is 6.59. The molecule has 0 aromatic heterocycles. The number of anilines is 1. The molecule has 1 amide bonds. The number of fused-ring (bicyclic) bond motifs is 1. The third-order valence-electron chi connectivity index (χ3n) is 3.50. The SMILES string of the molecule is CCNCC(C)C(=O)N1CCCc2ccccc21. The van der Waals surface area contributed by atoms with Crippen LogP contribution in [0, 0.1) is 5.92 Å². The first-order valence-corrected chi connectivity index (χ1v) is 6.84. The second kappa shape index (κ2) is 6.01. The Labute approximate surface area is 109 Å². The minimum Gasteiger partial charge on any atom is -0.316 e. The minimum atomic E-state index is 0.0381. The predicted molar refractivity (Wildman–Crippen MR) is 74.8 cm³/mol. The fourth-order valence-electron chi connectivity index (χ4n) is 2.48. The molecule has 18 heavy (non-hydrogen) atoms. The molecule has 1 atom stereocenters. The first-order valence-electron chi connectivity index (χ1n) is 6.84. The number of carbonyl (C=O) groups is 1. The van der Waals surface area contributed by atoms with E-state index < -0.39 is 0 Å². The van der Waals surface area contributed by atoms with Crippen molar-refractivity contribution in [3.63, 3.8) is 0 Å². The van der Waals surface area contributed by atoms with Gasteiger partial charge in [0.15, 0.2) is 0 Å². The van der Waals surface area contributed by atoms with E-state index in [2.05, 4.69) is 30.4 Å².